The van der Waals surface area contributed by atoms with Gasteiger partial charge >= 0.3 is 0 Å². The van der Waals surface area contributed by atoms with Crippen molar-refractivity contribution >= 4 is 11.6 Å². The van der Waals surface area contributed by atoms with Gasteiger partial charge in [0.15, 0.2) is 0 Å². The van der Waals surface area contributed by atoms with Gasteiger partial charge in [0, 0.05) is 11.3 Å². The minimum Gasteiger partial charge on any atom is -0.399 e. The maximum absolute atomic E-state index is 10.5. The normalized spacial score (nSPS) is 9.20. The molecule has 0 aromatic heterocycles. The summed E-state index contributed by atoms with van der Waals surface area (Å²) in [5, 5.41) is 0. The van der Waals surface area contributed by atoms with Crippen LogP contribution >= 0.6 is 0 Å². The lowest BCUT2D eigenvalue weighted by molar-refractivity contribution is -0.117. The number of primary amides is 1. The zero-order valence-corrected chi connectivity index (χ0v) is 8.92. The highest BCUT2D eigenvalue weighted by Crippen LogP contribution is 2.16. The average molecular weight is 202 g/mol. The summed E-state index contributed by atoms with van der Waals surface area (Å²) in [6.07, 6.45) is 0.0866. The van der Waals surface area contributed by atoms with Crippen molar-refractivity contribution in [3.63, 3.8) is 0 Å². The molecule has 3 heteroatoms. The van der Waals surface area contributed by atoms with Gasteiger partial charge < -0.3 is 11.5 Å². The van der Waals surface area contributed by atoms with Gasteiger partial charge in [0.1, 0.15) is 0 Å². The maximum atomic E-state index is 10.5. The molecule has 0 aliphatic carbocycles. The number of nitrogens with two attached hydrogens (primary N) is 2. The lowest BCUT2D eigenvalue weighted by Crippen LogP contribution is -2.08. The van der Waals surface area contributed by atoms with Crippen LogP contribution in [-0.4, -0.2) is 5.91 Å². The molecule has 78 valence electrons. The molecule has 0 atom stereocenters. The lowest BCUT2D eigenvalue weighted by atomic mass is 10.0. The van der Waals surface area contributed by atoms with E-state index >= 15 is 0 Å². The summed E-state index contributed by atoms with van der Waals surface area (Å²) in [5.41, 5.74) is 14.4. The van der Waals surface area contributed by atoms with Gasteiger partial charge in [-0.25, -0.2) is 0 Å². The summed E-state index contributed by atoms with van der Waals surface area (Å²) in [6.45, 7) is 3.88. The molecule has 0 spiro atoms. The summed E-state index contributed by atoms with van der Waals surface area (Å²) < 4.78 is 0. The van der Waals surface area contributed by atoms with Crippen molar-refractivity contribution in [2.24, 2.45) is 5.73 Å². The van der Waals surface area contributed by atoms with Gasteiger partial charge in [-0.3, -0.25) is 4.79 Å². The second-order valence-electron chi connectivity index (χ2n) is 3.47. The zero-order chi connectivity index (χ0) is 11.4. The minimum absolute atomic E-state index is 0.0866. The molecule has 4 N–H and O–H groups in total. The Morgan fingerprint density at radius 2 is 1.87 bits per heavy atom. The number of aryl methyl sites for hydroxylation is 2. The third kappa shape index (κ3) is 3.03. The van der Waals surface area contributed by atoms with Crippen LogP contribution in [0.3, 0.4) is 0 Å². The molecule has 1 amide bonds. The third-order valence-electron chi connectivity index (χ3n) is 2.03. The number of rotatable bonds is 1. The first-order chi connectivity index (χ1) is 7.00. The van der Waals surface area contributed by atoms with Crippen molar-refractivity contribution in [1.29, 1.82) is 0 Å². The fourth-order valence-electron chi connectivity index (χ4n) is 1.41. The number of carbonyl (C=O) groups is 1. The monoisotopic (exact) mass is 202 g/mol. The van der Waals surface area contributed by atoms with E-state index in [0.29, 0.717) is 0 Å². The molecule has 0 saturated heterocycles. The van der Waals surface area contributed by atoms with Crippen LogP contribution in [0, 0.1) is 25.7 Å². The van der Waals surface area contributed by atoms with E-state index in [-0.39, 0.29) is 6.42 Å². The second kappa shape index (κ2) is 4.52. The van der Waals surface area contributed by atoms with E-state index in [1.54, 1.807) is 0 Å². The molecule has 3 nitrogen and oxygen atoms in total. The van der Waals surface area contributed by atoms with Crippen LogP contribution in [0.2, 0.25) is 0 Å². The van der Waals surface area contributed by atoms with Crippen molar-refractivity contribution in [3.8, 4) is 11.8 Å². The van der Waals surface area contributed by atoms with E-state index in [2.05, 4.69) is 11.8 Å². The number of nitrogen functional groups attached to an aromatic ring is 1. The number of anilines is 1. The third-order valence-corrected chi connectivity index (χ3v) is 2.03. The van der Waals surface area contributed by atoms with Crippen LogP contribution in [0.4, 0.5) is 5.69 Å². The first-order valence-electron chi connectivity index (χ1n) is 4.64. The number of hydrogen-bond acceptors (Lipinski definition) is 2. The van der Waals surface area contributed by atoms with Gasteiger partial charge in [-0.15, -0.1) is 0 Å². The standard InChI is InChI=1S/C12H14N2O/c1-8-6-10(13)7-9(2)11(8)4-3-5-12(14)15/h6-7H,5,13H2,1-2H3,(H2,14,15). The molecule has 15 heavy (non-hydrogen) atoms. The fourth-order valence-corrected chi connectivity index (χ4v) is 1.41. The Morgan fingerprint density at radius 1 is 1.33 bits per heavy atom. The van der Waals surface area contributed by atoms with E-state index in [1.807, 2.05) is 26.0 Å². The van der Waals surface area contributed by atoms with Gasteiger partial charge in [-0.2, -0.15) is 0 Å². The minimum atomic E-state index is -0.409. The first kappa shape index (κ1) is 11.1. The van der Waals surface area contributed by atoms with Gasteiger partial charge in [-0.1, -0.05) is 11.8 Å². The van der Waals surface area contributed by atoms with E-state index in [9.17, 15) is 4.79 Å². The van der Waals surface area contributed by atoms with Crippen molar-refractivity contribution in [2.45, 2.75) is 20.3 Å². The van der Waals surface area contributed by atoms with Crippen LogP contribution in [-0.2, 0) is 4.79 Å². The molecule has 0 bridgehead atoms. The van der Waals surface area contributed by atoms with E-state index in [1.165, 1.54) is 0 Å². The van der Waals surface area contributed by atoms with Crippen LogP contribution in [0.15, 0.2) is 12.1 Å². The highest BCUT2D eigenvalue weighted by molar-refractivity contribution is 5.76. The molecule has 0 heterocycles. The van der Waals surface area contributed by atoms with Crippen molar-refractivity contribution in [3.05, 3.63) is 28.8 Å². The van der Waals surface area contributed by atoms with Gasteiger partial charge in [-0.05, 0) is 37.1 Å². The van der Waals surface area contributed by atoms with Gasteiger partial charge in [0.05, 0.1) is 6.42 Å². The molecular weight excluding hydrogens is 188 g/mol. The average Bonchev–Trinajstić information content (AvgIpc) is 2.08. The molecule has 1 aromatic rings. The Labute approximate surface area is 89.5 Å². The molecule has 1 rings (SSSR count). The quantitative estimate of drug-likeness (QED) is 0.529. The summed E-state index contributed by atoms with van der Waals surface area (Å²) in [4.78, 5) is 10.5. The van der Waals surface area contributed by atoms with Crippen molar-refractivity contribution in [2.75, 3.05) is 5.73 Å². The van der Waals surface area contributed by atoms with E-state index < -0.39 is 5.91 Å². The SMILES string of the molecule is Cc1cc(N)cc(C)c1C#CCC(N)=O. The second-order valence-corrected chi connectivity index (χ2v) is 3.47. The van der Waals surface area contributed by atoms with E-state index in [0.717, 1.165) is 22.4 Å². The Kier molecular flexibility index (Phi) is 3.35. The fraction of sp³-hybridized carbons (Fsp3) is 0.250. The maximum Gasteiger partial charge on any atom is 0.229 e. The highest BCUT2D eigenvalue weighted by atomic mass is 16.1. The first-order valence-corrected chi connectivity index (χ1v) is 4.64. The number of benzene rings is 1. The van der Waals surface area contributed by atoms with Crippen LogP contribution < -0.4 is 11.5 Å². The van der Waals surface area contributed by atoms with Crippen molar-refractivity contribution < 1.29 is 4.79 Å². The Balaban J connectivity index is 3.03. The van der Waals surface area contributed by atoms with Gasteiger partial charge in [0.2, 0.25) is 5.91 Å². The predicted molar refractivity (Wildman–Crippen MR) is 61.0 cm³/mol. The van der Waals surface area contributed by atoms with Crippen LogP contribution in [0.25, 0.3) is 0 Å². The number of amides is 1. The van der Waals surface area contributed by atoms with Crippen molar-refractivity contribution in [1.82, 2.24) is 0 Å². The Hall–Kier alpha value is -1.95. The number of hydrogen-bond donors (Lipinski definition) is 2. The molecule has 0 aliphatic rings. The lowest BCUT2D eigenvalue weighted by Gasteiger charge is -2.04. The Morgan fingerprint density at radius 3 is 2.33 bits per heavy atom. The molecular formula is C12H14N2O. The van der Waals surface area contributed by atoms with Gasteiger partial charge in [0.25, 0.3) is 0 Å². The molecule has 1 aromatic carbocycles. The summed E-state index contributed by atoms with van der Waals surface area (Å²) >= 11 is 0. The smallest absolute Gasteiger partial charge is 0.229 e. The molecule has 0 fully saturated rings. The van der Waals surface area contributed by atoms with Crippen LogP contribution in [0.1, 0.15) is 23.1 Å². The molecule has 0 aliphatic heterocycles. The highest BCUT2D eigenvalue weighted by Gasteiger charge is 2.00. The summed E-state index contributed by atoms with van der Waals surface area (Å²) in [5.74, 6) is 5.26. The summed E-state index contributed by atoms with van der Waals surface area (Å²) in [7, 11) is 0. The molecule has 0 unspecified atom stereocenters. The molecule has 0 radical (unpaired) electrons. The zero-order valence-electron chi connectivity index (χ0n) is 8.92. The van der Waals surface area contributed by atoms with E-state index in [4.69, 9.17) is 11.5 Å². The largest absolute Gasteiger partial charge is 0.399 e. The predicted octanol–water partition coefficient (Wildman–Crippen LogP) is 1.11. The topological polar surface area (TPSA) is 69.1 Å². The number of carbonyl (C=O) groups excluding carboxylic acids is 1. The summed E-state index contributed by atoms with van der Waals surface area (Å²) in [6, 6.07) is 3.72. The molecule has 0 saturated carbocycles. The Bertz CT molecular complexity index is 429. The van der Waals surface area contributed by atoms with Crippen LogP contribution in [0.5, 0.6) is 0 Å².